The van der Waals surface area contributed by atoms with Gasteiger partial charge >= 0.3 is 5.97 Å². The molecule has 0 aromatic carbocycles. The van der Waals surface area contributed by atoms with Crippen LogP contribution < -0.4 is 0 Å². The van der Waals surface area contributed by atoms with E-state index in [4.69, 9.17) is 0 Å². The first-order valence-corrected chi connectivity index (χ1v) is 4.20. The van der Waals surface area contributed by atoms with Crippen molar-refractivity contribution in [2.45, 2.75) is 20.4 Å². The fourth-order valence-corrected chi connectivity index (χ4v) is 1.09. The van der Waals surface area contributed by atoms with Crippen molar-refractivity contribution < 1.29 is 9.53 Å². The van der Waals surface area contributed by atoms with Gasteiger partial charge in [-0.2, -0.15) is 0 Å². The molecule has 74 valence electrons. The summed E-state index contributed by atoms with van der Waals surface area (Å²) in [6, 6.07) is 0. The molecule has 4 nitrogen and oxygen atoms in total. The second-order valence-corrected chi connectivity index (χ2v) is 2.70. The largest absolute Gasteiger partial charge is 0.464 e. The van der Waals surface area contributed by atoms with E-state index in [1.807, 2.05) is 6.92 Å². The summed E-state index contributed by atoms with van der Waals surface area (Å²) < 4.78 is 6.35. The molecular weight excluding hydrogens is 180 g/mol. The number of nitrogens with zero attached hydrogens (tertiary/aromatic N) is 2. The average Bonchev–Trinajstić information content (AvgIpc) is 2.56. The lowest BCUT2D eigenvalue weighted by Gasteiger charge is -2.03. The standard InChI is InChI=1S/C10H12N2O2/c1-4-5-6-12-8(2)11-7-9(12)10(13)14-3/h7H,6H2,1-3H3. The van der Waals surface area contributed by atoms with E-state index in [0.717, 1.165) is 5.82 Å². The highest BCUT2D eigenvalue weighted by atomic mass is 16.5. The van der Waals surface area contributed by atoms with Gasteiger partial charge in [0.15, 0.2) is 0 Å². The number of aromatic nitrogens is 2. The SMILES string of the molecule is CC#CCn1c(C(=O)OC)cnc1C. The van der Waals surface area contributed by atoms with Gasteiger partial charge in [-0.05, 0) is 13.8 Å². The molecule has 0 saturated carbocycles. The molecular formula is C10H12N2O2. The topological polar surface area (TPSA) is 44.1 Å². The summed E-state index contributed by atoms with van der Waals surface area (Å²) in [5, 5.41) is 0. The maximum Gasteiger partial charge on any atom is 0.356 e. The van der Waals surface area contributed by atoms with Crippen molar-refractivity contribution in [2.75, 3.05) is 7.11 Å². The van der Waals surface area contributed by atoms with Crippen molar-refractivity contribution in [3.8, 4) is 11.8 Å². The first-order chi connectivity index (χ1) is 6.70. The molecule has 1 aromatic rings. The predicted molar refractivity (Wildman–Crippen MR) is 51.8 cm³/mol. The van der Waals surface area contributed by atoms with E-state index in [1.54, 1.807) is 11.5 Å². The lowest BCUT2D eigenvalue weighted by atomic mass is 10.4. The molecule has 0 atom stereocenters. The number of carbonyl (C=O) groups is 1. The van der Waals surface area contributed by atoms with Crippen LogP contribution in [0.25, 0.3) is 0 Å². The van der Waals surface area contributed by atoms with Crippen LogP contribution in [0.15, 0.2) is 6.20 Å². The number of aryl methyl sites for hydroxylation is 1. The number of esters is 1. The molecule has 0 saturated heterocycles. The van der Waals surface area contributed by atoms with E-state index in [9.17, 15) is 4.79 Å². The quantitative estimate of drug-likeness (QED) is 0.518. The molecule has 0 fully saturated rings. The molecule has 0 bridgehead atoms. The third-order valence-corrected chi connectivity index (χ3v) is 1.86. The Bertz CT molecular complexity index is 396. The zero-order valence-electron chi connectivity index (χ0n) is 8.50. The summed E-state index contributed by atoms with van der Waals surface area (Å²) in [5.41, 5.74) is 0.438. The highest BCUT2D eigenvalue weighted by molar-refractivity contribution is 5.87. The molecule has 0 amide bonds. The Balaban J connectivity index is 3.03. The summed E-state index contributed by atoms with van der Waals surface area (Å²) in [6.45, 7) is 4.04. The number of hydrogen-bond acceptors (Lipinski definition) is 3. The number of ether oxygens (including phenoxy) is 1. The number of carbonyl (C=O) groups excluding carboxylic acids is 1. The Kier molecular flexibility index (Phi) is 3.29. The number of hydrogen-bond donors (Lipinski definition) is 0. The summed E-state index contributed by atoms with van der Waals surface area (Å²) in [4.78, 5) is 15.3. The van der Waals surface area contributed by atoms with Crippen molar-refractivity contribution in [3.63, 3.8) is 0 Å². The van der Waals surface area contributed by atoms with Crippen LogP contribution in [0.1, 0.15) is 23.2 Å². The summed E-state index contributed by atoms with van der Waals surface area (Å²) in [6.07, 6.45) is 1.50. The first kappa shape index (κ1) is 10.3. The zero-order chi connectivity index (χ0) is 10.6. The van der Waals surface area contributed by atoms with E-state index >= 15 is 0 Å². The van der Waals surface area contributed by atoms with Gasteiger partial charge in [0, 0.05) is 0 Å². The van der Waals surface area contributed by atoms with E-state index in [2.05, 4.69) is 21.6 Å². The van der Waals surface area contributed by atoms with Gasteiger partial charge in [0.1, 0.15) is 11.5 Å². The lowest BCUT2D eigenvalue weighted by Crippen LogP contribution is -2.11. The lowest BCUT2D eigenvalue weighted by molar-refractivity contribution is 0.0589. The number of imidazole rings is 1. The Morgan fingerprint density at radius 2 is 2.43 bits per heavy atom. The number of rotatable bonds is 2. The van der Waals surface area contributed by atoms with Crippen LogP contribution in [0.4, 0.5) is 0 Å². The molecule has 1 heterocycles. The minimum Gasteiger partial charge on any atom is -0.464 e. The normalized spacial score (nSPS) is 9.07. The molecule has 4 heteroatoms. The highest BCUT2D eigenvalue weighted by Crippen LogP contribution is 2.05. The van der Waals surface area contributed by atoms with Gasteiger partial charge in [-0.3, -0.25) is 0 Å². The molecule has 0 spiro atoms. The summed E-state index contributed by atoms with van der Waals surface area (Å²) >= 11 is 0. The van der Waals surface area contributed by atoms with Crippen molar-refractivity contribution in [1.29, 1.82) is 0 Å². The maximum absolute atomic E-state index is 11.3. The van der Waals surface area contributed by atoms with Crippen LogP contribution in [0.2, 0.25) is 0 Å². The molecule has 1 rings (SSSR count). The van der Waals surface area contributed by atoms with E-state index in [-0.39, 0.29) is 5.97 Å². The van der Waals surface area contributed by atoms with Gasteiger partial charge in [0.2, 0.25) is 0 Å². The smallest absolute Gasteiger partial charge is 0.356 e. The Morgan fingerprint density at radius 1 is 1.71 bits per heavy atom. The zero-order valence-corrected chi connectivity index (χ0v) is 8.50. The van der Waals surface area contributed by atoms with E-state index in [0.29, 0.717) is 12.2 Å². The Morgan fingerprint density at radius 3 is 3.00 bits per heavy atom. The molecule has 0 aliphatic rings. The third-order valence-electron chi connectivity index (χ3n) is 1.86. The van der Waals surface area contributed by atoms with Crippen molar-refractivity contribution in [2.24, 2.45) is 0 Å². The molecule has 0 radical (unpaired) electrons. The molecule has 0 N–H and O–H groups in total. The van der Waals surface area contributed by atoms with Crippen LogP contribution in [-0.4, -0.2) is 22.6 Å². The van der Waals surface area contributed by atoms with E-state index in [1.165, 1.54) is 13.3 Å². The van der Waals surface area contributed by atoms with Gasteiger partial charge in [-0.25, -0.2) is 9.78 Å². The predicted octanol–water partition coefficient (Wildman–Crippen LogP) is 1.00. The van der Waals surface area contributed by atoms with Crippen molar-refractivity contribution in [3.05, 3.63) is 17.7 Å². The van der Waals surface area contributed by atoms with Crippen LogP contribution >= 0.6 is 0 Å². The second-order valence-electron chi connectivity index (χ2n) is 2.70. The van der Waals surface area contributed by atoms with E-state index < -0.39 is 0 Å². The molecule has 1 aromatic heterocycles. The summed E-state index contributed by atoms with van der Waals surface area (Å²) in [5.74, 6) is 6.01. The first-order valence-electron chi connectivity index (χ1n) is 4.20. The van der Waals surface area contributed by atoms with Gasteiger partial charge in [0.05, 0.1) is 19.9 Å². The van der Waals surface area contributed by atoms with Crippen molar-refractivity contribution in [1.82, 2.24) is 9.55 Å². The van der Waals surface area contributed by atoms with Gasteiger partial charge in [-0.1, -0.05) is 5.92 Å². The fourth-order valence-electron chi connectivity index (χ4n) is 1.09. The molecule has 0 aliphatic carbocycles. The van der Waals surface area contributed by atoms with Crippen LogP contribution in [0.5, 0.6) is 0 Å². The van der Waals surface area contributed by atoms with Crippen LogP contribution in [0, 0.1) is 18.8 Å². The molecule has 0 aliphatic heterocycles. The third kappa shape index (κ3) is 1.94. The monoisotopic (exact) mass is 192 g/mol. The van der Waals surface area contributed by atoms with Crippen LogP contribution in [0.3, 0.4) is 0 Å². The minimum absolute atomic E-state index is 0.386. The van der Waals surface area contributed by atoms with Crippen LogP contribution in [-0.2, 0) is 11.3 Å². The fraction of sp³-hybridized carbons (Fsp3) is 0.400. The Labute approximate surface area is 82.9 Å². The maximum atomic E-state index is 11.3. The highest BCUT2D eigenvalue weighted by Gasteiger charge is 2.13. The van der Waals surface area contributed by atoms with Gasteiger partial charge in [0.25, 0.3) is 0 Å². The molecule has 14 heavy (non-hydrogen) atoms. The van der Waals surface area contributed by atoms with Gasteiger partial charge < -0.3 is 9.30 Å². The second kappa shape index (κ2) is 4.47. The average molecular weight is 192 g/mol. The summed E-state index contributed by atoms with van der Waals surface area (Å²) in [7, 11) is 1.35. The van der Waals surface area contributed by atoms with Crippen molar-refractivity contribution >= 4 is 5.97 Å². The number of methoxy groups -OCH3 is 1. The minimum atomic E-state index is -0.386. The molecule has 0 unspecified atom stereocenters. The van der Waals surface area contributed by atoms with Gasteiger partial charge in [-0.15, -0.1) is 5.92 Å². The Hall–Kier alpha value is -1.76.